The van der Waals surface area contributed by atoms with Crippen LogP contribution in [0, 0.1) is 13.8 Å². The monoisotopic (exact) mass is 249 g/mol. The van der Waals surface area contributed by atoms with Crippen LogP contribution in [0.1, 0.15) is 11.1 Å². The highest BCUT2D eigenvalue weighted by Gasteiger charge is 2.09. The van der Waals surface area contributed by atoms with E-state index in [0.717, 1.165) is 11.1 Å². The van der Waals surface area contributed by atoms with Crippen molar-refractivity contribution in [2.75, 3.05) is 7.11 Å². The van der Waals surface area contributed by atoms with Crippen LogP contribution >= 0.6 is 11.6 Å². The Hall–Kier alpha value is -1.68. The minimum absolute atomic E-state index is 0.131. The number of hydrogen-bond acceptors (Lipinski definition) is 4. The molecule has 0 aliphatic heterocycles. The van der Waals surface area contributed by atoms with E-state index in [2.05, 4.69) is 21.0 Å². The van der Waals surface area contributed by atoms with Crippen molar-refractivity contribution in [2.24, 2.45) is 0 Å². The van der Waals surface area contributed by atoms with Gasteiger partial charge in [-0.05, 0) is 31.0 Å². The summed E-state index contributed by atoms with van der Waals surface area (Å²) in [6.45, 7) is 4.05. The van der Waals surface area contributed by atoms with Crippen LogP contribution in [0.4, 0.5) is 0 Å². The summed E-state index contributed by atoms with van der Waals surface area (Å²) in [5.41, 5.74) is 3.21. The first-order chi connectivity index (χ1) is 8.10. The van der Waals surface area contributed by atoms with E-state index < -0.39 is 0 Å². The van der Waals surface area contributed by atoms with Gasteiger partial charge < -0.3 is 4.74 Å². The first-order valence-electron chi connectivity index (χ1n) is 5.13. The highest BCUT2D eigenvalue weighted by atomic mass is 35.5. The Kier molecular flexibility index (Phi) is 3.24. The van der Waals surface area contributed by atoms with Gasteiger partial charge in [-0.3, -0.25) is 0 Å². The maximum absolute atomic E-state index is 5.82. The van der Waals surface area contributed by atoms with Crippen molar-refractivity contribution in [3.63, 3.8) is 0 Å². The van der Waals surface area contributed by atoms with E-state index in [1.807, 2.05) is 26.0 Å². The molecule has 4 nitrogen and oxygen atoms in total. The highest BCUT2D eigenvalue weighted by Crippen LogP contribution is 2.23. The fourth-order valence-electron chi connectivity index (χ4n) is 1.61. The maximum atomic E-state index is 5.82. The quantitative estimate of drug-likeness (QED) is 0.821. The number of nitrogens with zero attached hydrogens (tertiary/aromatic N) is 3. The molecule has 0 amide bonds. The van der Waals surface area contributed by atoms with Crippen LogP contribution in [0.15, 0.2) is 18.2 Å². The van der Waals surface area contributed by atoms with Gasteiger partial charge in [0.2, 0.25) is 5.28 Å². The molecule has 0 radical (unpaired) electrons. The van der Waals surface area contributed by atoms with Crippen molar-refractivity contribution in [3.05, 3.63) is 34.6 Å². The van der Waals surface area contributed by atoms with E-state index in [9.17, 15) is 0 Å². The largest absolute Gasteiger partial charge is 0.467 e. The molecule has 0 saturated carbocycles. The van der Waals surface area contributed by atoms with Gasteiger partial charge in [-0.25, -0.2) is 0 Å². The number of rotatable bonds is 2. The molecule has 5 heteroatoms. The lowest BCUT2D eigenvalue weighted by Crippen LogP contribution is -1.99. The van der Waals surface area contributed by atoms with Crippen molar-refractivity contribution >= 4 is 11.6 Å². The number of aryl methyl sites for hydroxylation is 2. The van der Waals surface area contributed by atoms with Crippen molar-refractivity contribution in [2.45, 2.75) is 13.8 Å². The second-order valence-corrected chi connectivity index (χ2v) is 4.07. The summed E-state index contributed by atoms with van der Waals surface area (Å²) in [5, 5.41) is 0.131. The Morgan fingerprint density at radius 1 is 1.12 bits per heavy atom. The van der Waals surface area contributed by atoms with E-state index >= 15 is 0 Å². The third-order valence-corrected chi connectivity index (χ3v) is 2.56. The summed E-state index contributed by atoms with van der Waals surface area (Å²) >= 11 is 5.82. The van der Waals surface area contributed by atoms with E-state index in [4.69, 9.17) is 16.3 Å². The number of benzene rings is 1. The molecule has 2 rings (SSSR count). The molecule has 0 saturated heterocycles. The lowest BCUT2D eigenvalue weighted by atomic mass is 10.1. The molecule has 17 heavy (non-hydrogen) atoms. The summed E-state index contributed by atoms with van der Waals surface area (Å²) in [6.07, 6.45) is 0. The fraction of sp³-hybridized carbons (Fsp3) is 0.250. The SMILES string of the molecule is COc1nc(Cl)nc(-c2ccc(C)cc2C)n1. The lowest BCUT2D eigenvalue weighted by molar-refractivity contribution is 0.379. The topological polar surface area (TPSA) is 47.9 Å². The van der Waals surface area contributed by atoms with Gasteiger partial charge in [0.25, 0.3) is 0 Å². The molecule has 1 heterocycles. The summed E-state index contributed by atoms with van der Waals surface area (Å²) in [5.74, 6) is 0.527. The van der Waals surface area contributed by atoms with Crippen LogP contribution in [0.3, 0.4) is 0 Å². The molecule has 0 aliphatic carbocycles. The van der Waals surface area contributed by atoms with Crippen molar-refractivity contribution in [3.8, 4) is 17.4 Å². The van der Waals surface area contributed by atoms with Gasteiger partial charge in [0.15, 0.2) is 5.82 Å². The van der Waals surface area contributed by atoms with E-state index in [1.54, 1.807) is 0 Å². The van der Waals surface area contributed by atoms with Gasteiger partial charge in [-0.15, -0.1) is 0 Å². The number of ether oxygens (including phenoxy) is 1. The second kappa shape index (κ2) is 4.67. The molecular formula is C12H12ClN3O. The molecule has 0 spiro atoms. The zero-order valence-electron chi connectivity index (χ0n) is 9.86. The summed E-state index contributed by atoms with van der Waals surface area (Å²) in [7, 11) is 1.50. The Morgan fingerprint density at radius 3 is 2.53 bits per heavy atom. The predicted molar refractivity (Wildman–Crippen MR) is 66.3 cm³/mol. The lowest BCUT2D eigenvalue weighted by Gasteiger charge is -2.06. The molecule has 0 bridgehead atoms. The normalized spacial score (nSPS) is 10.4. The molecule has 1 aromatic carbocycles. The summed E-state index contributed by atoms with van der Waals surface area (Å²) in [6, 6.07) is 6.27. The van der Waals surface area contributed by atoms with E-state index in [0.29, 0.717) is 5.82 Å². The van der Waals surface area contributed by atoms with Gasteiger partial charge in [0, 0.05) is 5.56 Å². The van der Waals surface area contributed by atoms with Crippen molar-refractivity contribution < 1.29 is 4.74 Å². The van der Waals surface area contributed by atoms with Gasteiger partial charge >= 0.3 is 6.01 Å². The van der Waals surface area contributed by atoms with Crippen molar-refractivity contribution in [1.29, 1.82) is 0 Å². The third-order valence-electron chi connectivity index (χ3n) is 2.39. The van der Waals surface area contributed by atoms with E-state index in [-0.39, 0.29) is 11.3 Å². The van der Waals surface area contributed by atoms with Crippen LogP contribution in [0.25, 0.3) is 11.4 Å². The minimum atomic E-state index is 0.131. The number of hydrogen-bond donors (Lipinski definition) is 0. The minimum Gasteiger partial charge on any atom is -0.467 e. The van der Waals surface area contributed by atoms with Gasteiger partial charge in [-0.1, -0.05) is 23.8 Å². The zero-order chi connectivity index (χ0) is 12.4. The Balaban J connectivity index is 2.55. The molecule has 0 fully saturated rings. The van der Waals surface area contributed by atoms with Crippen LogP contribution < -0.4 is 4.74 Å². The zero-order valence-corrected chi connectivity index (χ0v) is 10.6. The first-order valence-corrected chi connectivity index (χ1v) is 5.51. The van der Waals surface area contributed by atoms with Gasteiger partial charge in [0.1, 0.15) is 0 Å². The molecule has 88 valence electrons. The smallest absolute Gasteiger partial charge is 0.321 e. The maximum Gasteiger partial charge on any atom is 0.321 e. The summed E-state index contributed by atoms with van der Waals surface area (Å²) < 4.78 is 4.97. The molecule has 0 aliphatic rings. The van der Waals surface area contributed by atoms with Crippen LogP contribution in [0.2, 0.25) is 5.28 Å². The highest BCUT2D eigenvalue weighted by molar-refractivity contribution is 6.28. The van der Waals surface area contributed by atoms with Crippen LogP contribution in [-0.2, 0) is 0 Å². The Morgan fingerprint density at radius 2 is 1.88 bits per heavy atom. The van der Waals surface area contributed by atoms with Gasteiger partial charge in [-0.2, -0.15) is 15.0 Å². The number of halogens is 1. The standard InChI is InChI=1S/C12H12ClN3O/c1-7-4-5-9(8(2)6-7)10-14-11(13)16-12(15-10)17-3/h4-6H,1-3H3. The second-order valence-electron chi connectivity index (χ2n) is 3.73. The molecule has 0 N–H and O–H groups in total. The predicted octanol–water partition coefficient (Wildman–Crippen LogP) is 2.82. The average molecular weight is 250 g/mol. The molecule has 1 aromatic heterocycles. The van der Waals surface area contributed by atoms with Gasteiger partial charge in [0.05, 0.1) is 7.11 Å². The Bertz CT molecular complexity index is 557. The average Bonchev–Trinajstić information content (AvgIpc) is 2.28. The summed E-state index contributed by atoms with van der Waals surface area (Å²) in [4.78, 5) is 12.1. The molecule has 0 atom stereocenters. The molecule has 0 unspecified atom stereocenters. The van der Waals surface area contributed by atoms with E-state index in [1.165, 1.54) is 12.7 Å². The molecular weight excluding hydrogens is 238 g/mol. The van der Waals surface area contributed by atoms with Crippen molar-refractivity contribution in [1.82, 2.24) is 15.0 Å². The third kappa shape index (κ3) is 2.53. The first kappa shape index (κ1) is 11.8. The number of aromatic nitrogens is 3. The molecule has 2 aromatic rings. The number of methoxy groups -OCH3 is 1. The Labute approximate surface area is 105 Å². The van der Waals surface area contributed by atoms with Crippen LogP contribution in [0.5, 0.6) is 6.01 Å². The fourth-order valence-corrected chi connectivity index (χ4v) is 1.76. The van der Waals surface area contributed by atoms with Crippen LogP contribution in [-0.4, -0.2) is 22.1 Å².